The molecule has 0 atom stereocenters. The second kappa shape index (κ2) is 5.62. The van der Waals surface area contributed by atoms with Gasteiger partial charge in [-0.15, -0.1) is 0 Å². The first-order valence-electron chi connectivity index (χ1n) is 3.43. The van der Waals surface area contributed by atoms with Crippen molar-refractivity contribution in [3.63, 3.8) is 0 Å². The van der Waals surface area contributed by atoms with Crippen LogP contribution in [0, 0.1) is 0 Å². The minimum Gasteiger partial charge on any atom is -0.469 e. The van der Waals surface area contributed by atoms with E-state index in [9.17, 15) is 18.4 Å². The minimum atomic E-state index is -2.49. The third-order valence-electron chi connectivity index (χ3n) is 1.21. The van der Waals surface area contributed by atoms with Crippen LogP contribution in [0.1, 0.15) is 19.3 Å². The van der Waals surface area contributed by atoms with Crippen molar-refractivity contribution in [1.29, 1.82) is 0 Å². The van der Waals surface area contributed by atoms with Crippen molar-refractivity contribution in [3.05, 3.63) is 0 Å². The van der Waals surface area contributed by atoms with Crippen molar-refractivity contribution in [3.8, 4) is 0 Å². The Morgan fingerprint density at radius 2 is 2.00 bits per heavy atom. The van der Waals surface area contributed by atoms with Gasteiger partial charge in [0.05, 0.1) is 7.11 Å². The van der Waals surface area contributed by atoms with Crippen molar-refractivity contribution in [2.75, 3.05) is 7.11 Å². The maximum Gasteiger partial charge on any atom is 0.313 e. The van der Waals surface area contributed by atoms with E-state index in [0.29, 0.717) is 0 Å². The van der Waals surface area contributed by atoms with Crippen molar-refractivity contribution < 1.29 is 23.1 Å². The lowest BCUT2D eigenvalue weighted by Crippen LogP contribution is -2.10. The number of hydrogen-bond acceptors (Lipinski definition) is 3. The Kier molecular flexibility index (Phi) is 5.16. The van der Waals surface area contributed by atoms with Gasteiger partial charge in [-0.1, -0.05) is 0 Å². The Balaban J connectivity index is 3.53. The predicted octanol–water partition coefficient (Wildman–Crippen LogP) is 1.16. The molecule has 0 aromatic heterocycles. The van der Waals surface area contributed by atoms with Crippen LogP contribution >= 0.6 is 0 Å². The van der Waals surface area contributed by atoms with Crippen LogP contribution in [-0.4, -0.2) is 25.3 Å². The Morgan fingerprint density at radius 1 is 1.42 bits per heavy atom. The molecular formula is C7H10F2O3. The highest BCUT2D eigenvalue weighted by Crippen LogP contribution is 2.04. The standard InChI is InChI=1S/C7H10F2O3/c1-12-7(11)4-5(10)2-3-6(8)9/h6H,2-4H2,1H3. The predicted molar refractivity (Wildman–Crippen MR) is 36.9 cm³/mol. The Bertz CT molecular complexity index is 168. The first kappa shape index (κ1) is 11.0. The molecule has 12 heavy (non-hydrogen) atoms. The van der Waals surface area contributed by atoms with Gasteiger partial charge in [-0.25, -0.2) is 8.78 Å². The second-order valence-corrected chi connectivity index (χ2v) is 2.22. The fraction of sp³-hybridized carbons (Fsp3) is 0.714. The second-order valence-electron chi connectivity index (χ2n) is 2.22. The summed E-state index contributed by atoms with van der Waals surface area (Å²) in [5.74, 6) is -1.20. The summed E-state index contributed by atoms with van der Waals surface area (Å²) in [5, 5.41) is 0. The maximum atomic E-state index is 11.5. The van der Waals surface area contributed by atoms with E-state index in [0.717, 1.165) is 7.11 Å². The molecule has 0 unspecified atom stereocenters. The van der Waals surface area contributed by atoms with Crippen LogP contribution in [-0.2, 0) is 14.3 Å². The Hall–Kier alpha value is -1.00. The highest BCUT2D eigenvalue weighted by atomic mass is 19.3. The topological polar surface area (TPSA) is 43.4 Å². The number of ether oxygens (including phenoxy) is 1. The van der Waals surface area contributed by atoms with Crippen molar-refractivity contribution in [2.24, 2.45) is 0 Å². The van der Waals surface area contributed by atoms with Crippen LogP contribution in [0.3, 0.4) is 0 Å². The van der Waals surface area contributed by atoms with Gasteiger partial charge in [-0.05, 0) is 0 Å². The van der Waals surface area contributed by atoms with Crippen LogP contribution in [0.15, 0.2) is 0 Å². The first-order valence-corrected chi connectivity index (χ1v) is 3.43. The number of alkyl halides is 2. The number of carbonyl (C=O) groups is 2. The zero-order chi connectivity index (χ0) is 9.56. The molecule has 0 saturated carbocycles. The highest BCUT2D eigenvalue weighted by Gasteiger charge is 2.11. The smallest absolute Gasteiger partial charge is 0.313 e. The van der Waals surface area contributed by atoms with Gasteiger partial charge in [-0.2, -0.15) is 0 Å². The van der Waals surface area contributed by atoms with Gasteiger partial charge in [-0.3, -0.25) is 9.59 Å². The number of carbonyl (C=O) groups excluding carboxylic acids is 2. The molecular weight excluding hydrogens is 170 g/mol. The van der Waals surface area contributed by atoms with E-state index >= 15 is 0 Å². The summed E-state index contributed by atoms with van der Waals surface area (Å²) in [6.07, 6.45) is -3.67. The molecule has 5 heteroatoms. The van der Waals surface area contributed by atoms with Gasteiger partial charge in [0.25, 0.3) is 0 Å². The molecule has 0 aromatic rings. The summed E-state index contributed by atoms with van der Waals surface area (Å²) in [6, 6.07) is 0. The van der Waals surface area contributed by atoms with E-state index in [1.165, 1.54) is 0 Å². The summed E-state index contributed by atoms with van der Waals surface area (Å²) in [4.78, 5) is 21.1. The van der Waals surface area contributed by atoms with E-state index in [1.807, 2.05) is 0 Å². The molecule has 0 radical (unpaired) electrons. The average molecular weight is 180 g/mol. The fourth-order valence-electron chi connectivity index (χ4n) is 0.592. The van der Waals surface area contributed by atoms with E-state index < -0.39 is 31.0 Å². The third-order valence-corrected chi connectivity index (χ3v) is 1.21. The minimum absolute atomic E-state index is 0.271. The first-order chi connectivity index (χ1) is 5.56. The van der Waals surface area contributed by atoms with Crippen molar-refractivity contribution in [1.82, 2.24) is 0 Å². The summed E-state index contributed by atoms with van der Waals surface area (Å²) in [5.41, 5.74) is 0. The third kappa shape index (κ3) is 5.76. The number of Topliss-reactive ketones (excluding diaryl/α,β-unsaturated/α-hetero) is 1. The molecule has 3 nitrogen and oxygen atoms in total. The van der Waals surface area contributed by atoms with Crippen LogP contribution in [0.4, 0.5) is 8.78 Å². The van der Waals surface area contributed by atoms with E-state index in [1.54, 1.807) is 0 Å². The normalized spacial score (nSPS) is 10.0. The SMILES string of the molecule is COC(=O)CC(=O)CCC(F)F. The zero-order valence-corrected chi connectivity index (χ0v) is 6.68. The lowest BCUT2D eigenvalue weighted by atomic mass is 10.2. The van der Waals surface area contributed by atoms with Crippen molar-refractivity contribution >= 4 is 11.8 Å². The molecule has 0 aliphatic rings. The average Bonchev–Trinajstić information content (AvgIpc) is 2.00. The van der Waals surface area contributed by atoms with Gasteiger partial charge in [0.1, 0.15) is 12.2 Å². The van der Waals surface area contributed by atoms with Gasteiger partial charge in [0.15, 0.2) is 0 Å². The van der Waals surface area contributed by atoms with E-state index in [2.05, 4.69) is 4.74 Å². The quantitative estimate of drug-likeness (QED) is 0.471. The maximum absolute atomic E-state index is 11.5. The monoisotopic (exact) mass is 180 g/mol. The largest absolute Gasteiger partial charge is 0.469 e. The summed E-state index contributed by atoms with van der Waals surface area (Å²) >= 11 is 0. The molecule has 0 spiro atoms. The van der Waals surface area contributed by atoms with Crippen molar-refractivity contribution in [2.45, 2.75) is 25.7 Å². The number of methoxy groups -OCH3 is 1. The molecule has 0 heterocycles. The Labute approximate surface area is 68.7 Å². The van der Waals surface area contributed by atoms with E-state index in [-0.39, 0.29) is 6.42 Å². The van der Waals surface area contributed by atoms with Gasteiger partial charge < -0.3 is 4.74 Å². The molecule has 0 fully saturated rings. The number of esters is 1. The number of ketones is 1. The molecule has 0 amide bonds. The molecule has 0 aliphatic heterocycles. The van der Waals surface area contributed by atoms with Gasteiger partial charge in [0.2, 0.25) is 6.43 Å². The fourth-order valence-corrected chi connectivity index (χ4v) is 0.592. The number of hydrogen-bond donors (Lipinski definition) is 0. The number of halogens is 2. The molecule has 0 saturated heterocycles. The van der Waals surface area contributed by atoms with E-state index in [4.69, 9.17) is 0 Å². The molecule has 0 aromatic carbocycles. The summed E-state index contributed by atoms with van der Waals surface area (Å²) < 4.78 is 27.3. The lowest BCUT2D eigenvalue weighted by molar-refractivity contribution is -0.143. The number of rotatable bonds is 5. The van der Waals surface area contributed by atoms with Crippen LogP contribution in [0.2, 0.25) is 0 Å². The van der Waals surface area contributed by atoms with Gasteiger partial charge in [0, 0.05) is 12.8 Å². The summed E-state index contributed by atoms with van der Waals surface area (Å²) in [6.45, 7) is 0. The zero-order valence-electron chi connectivity index (χ0n) is 6.68. The highest BCUT2D eigenvalue weighted by molar-refractivity contribution is 5.95. The van der Waals surface area contributed by atoms with Crippen LogP contribution in [0.25, 0.3) is 0 Å². The molecule has 0 rings (SSSR count). The lowest BCUT2D eigenvalue weighted by Gasteiger charge is -1.98. The molecule has 0 N–H and O–H groups in total. The Morgan fingerprint density at radius 3 is 2.42 bits per heavy atom. The molecule has 70 valence electrons. The summed E-state index contributed by atoms with van der Waals surface area (Å²) in [7, 11) is 1.14. The van der Waals surface area contributed by atoms with Crippen LogP contribution < -0.4 is 0 Å². The van der Waals surface area contributed by atoms with Crippen LogP contribution in [0.5, 0.6) is 0 Å². The van der Waals surface area contributed by atoms with Gasteiger partial charge >= 0.3 is 5.97 Å². The molecule has 0 aliphatic carbocycles. The molecule has 0 bridgehead atoms.